The van der Waals surface area contributed by atoms with Crippen molar-refractivity contribution in [2.75, 3.05) is 0 Å². The summed E-state index contributed by atoms with van der Waals surface area (Å²) in [7, 11) is 0. The molecule has 0 saturated heterocycles. The molecule has 0 saturated carbocycles. The maximum absolute atomic E-state index is 11.8. The maximum Gasteiger partial charge on any atom is 0.389 e. The van der Waals surface area contributed by atoms with Crippen molar-refractivity contribution in [2.24, 2.45) is 5.73 Å². The van der Waals surface area contributed by atoms with Crippen LogP contribution in [0.1, 0.15) is 31.1 Å². The third-order valence-corrected chi connectivity index (χ3v) is 1.89. The van der Waals surface area contributed by atoms with E-state index in [1.807, 2.05) is 0 Å². The molecule has 1 rings (SSSR count). The largest absolute Gasteiger partial charge is 0.389 e. The van der Waals surface area contributed by atoms with Crippen LogP contribution >= 0.6 is 0 Å². The van der Waals surface area contributed by atoms with E-state index >= 15 is 0 Å². The van der Waals surface area contributed by atoms with Gasteiger partial charge >= 0.3 is 6.18 Å². The van der Waals surface area contributed by atoms with Gasteiger partial charge in [-0.15, -0.1) is 0 Å². The third-order valence-electron chi connectivity index (χ3n) is 1.89. The predicted octanol–water partition coefficient (Wildman–Crippen LogP) is 2.21. The van der Waals surface area contributed by atoms with E-state index in [1.54, 1.807) is 6.07 Å². The molecule has 1 heterocycles. The van der Waals surface area contributed by atoms with Crippen LogP contribution in [-0.4, -0.2) is 16.1 Å². The minimum atomic E-state index is -4.11. The Balaban J connectivity index is 2.34. The standard InChI is InChI=1S/C9H12F3N3/c10-9(11,12)4-1-3-7(13)8-14-5-2-6-15-8/h2,5-7H,1,3-4,13H2. The van der Waals surface area contributed by atoms with E-state index in [9.17, 15) is 13.2 Å². The summed E-state index contributed by atoms with van der Waals surface area (Å²) in [6, 6.07) is 1.11. The van der Waals surface area contributed by atoms with Crippen LogP contribution in [0.25, 0.3) is 0 Å². The number of hydrogen-bond donors (Lipinski definition) is 1. The molecular weight excluding hydrogens is 207 g/mol. The SMILES string of the molecule is NC(CCCC(F)(F)F)c1ncccn1. The van der Waals surface area contributed by atoms with Crippen LogP contribution in [0.3, 0.4) is 0 Å². The highest BCUT2D eigenvalue weighted by molar-refractivity contribution is 4.94. The monoisotopic (exact) mass is 219 g/mol. The van der Waals surface area contributed by atoms with Crippen molar-refractivity contribution in [1.29, 1.82) is 0 Å². The normalized spacial score (nSPS) is 13.9. The molecule has 0 aromatic carbocycles. The second-order valence-electron chi connectivity index (χ2n) is 3.22. The highest BCUT2D eigenvalue weighted by atomic mass is 19.4. The number of nitrogens with two attached hydrogens (primary N) is 1. The lowest BCUT2D eigenvalue weighted by molar-refractivity contribution is -0.135. The molecule has 84 valence electrons. The van der Waals surface area contributed by atoms with Crippen molar-refractivity contribution in [2.45, 2.75) is 31.5 Å². The molecular formula is C9H12F3N3. The Hall–Kier alpha value is -1.17. The fraction of sp³-hybridized carbons (Fsp3) is 0.556. The summed E-state index contributed by atoms with van der Waals surface area (Å²) < 4.78 is 35.5. The van der Waals surface area contributed by atoms with Gasteiger partial charge in [-0.3, -0.25) is 0 Å². The van der Waals surface area contributed by atoms with Gasteiger partial charge in [-0.25, -0.2) is 9.97 Å². The van der Waals surface area contributed by atoms with Gasteiger partial charge in [-0.1, -0.05) is 0 Å². The van der Waals surface area contributed by atoms with Gasteiger partial charge in [0.1, 0.15) is 5.82 Å². The van der Waals surface area contributed by atoms with Gasteiger partial charge in [0, 0.05) is 18.8 Å². The minimum Gasteiger partial charge on any atom is -0.321 e. The molecule has 0 aliphatic carbocycles. The zero-order chi connectivity index (χ0) is 11.3. The minimum absolute atomic E-state index is 0.00290. The second kappa shape index (κ2) is 5.06. The van der Waals surface area contributed by atoms with Gasteiger partial charge < -0.3 is 5.73 Å². The molecule has 1 aromatic heterocycles. The molecule has 1 atom stereocenters. The summed E-state index contributed by atoms with van der Waals surface area (Å²) in [5.74, 6) is 0.389. The molecule has 2 N–H and O–H groups in total. The first-order valence-electron chi connectivity index (χ1n) is 4.58. The van der Waals surface area contributed by atoms with E-state index in [0.29, 0.717) is 5.82 Å². The summed E-state index contributed by atoms with van der Waals surface area (Å²) in [4.78, 5) is 7.75. The fourth-order valence-corrected chi connectivity index (χ4v) is 1.15. The first-order chi connectivity index (χ1) is 6.99. The Kier molecular flexibility index (Phi) is 4.02. The molecule has 1 aromatic rings. The van der Waals surface area contributed by atoms with E-state index in [1.165, 1.54) is 12.4 Å². The third kappa shape index (κ3) is 4.73. The summed E-state index contributed by atoms with van der Waals surface area (Å²) in [5, 5.41) is 0. The highest BCUT2D eigenvalue weighted by Crippen LogP contribution is 2.24. The molecule has 3 nitrogen and oxygen atoms in total. The molecule has 0 radical (unpaired) electrons. The van der Waals surface area contributed by atoms with Crippen molar-refractivity contribution in [1.82, 2.24) is 9.97 Å². The zero-order valence-electron chi connectivity index (χ0n) is 8.04. The molecule has 0 amide bonds. The number of hydrogen-bond acceptors (Lipinski definition) is 3. The van der Waals surface area contributed by atoms with Gasteiger partial charge in [0.15, 0.2) is 0 Å². The number of alkyl halides is 3. The van der Waals surface area contributed by atoms with Crippen LogP contribution in [0.2, 0.25) is 0 Å². The van der Waals surface area contributed by atoms with E-state index in [0.717, 1.165) is 0 Å². The Morgan fingerprint density at radius 1 is 1.27 bits per heavy atom. The van der Waals surface area contributed by atoms with Crippen LogP contribution in [0.4, 0.5) is 13.2 Å². The Morgan fingerprint density at radius 2 is 1.87 bits per heavy atom. The van der Waals surface area contributed by atoms with Crippen molar-refractivity contribution < 1.29 is 13.2 Å². The van der Waals surface area contributed by atoms with Gasteiger partial charge in [0.2, 0.25) is 0 Å². The number of rotatable bonds is 4. The smallest absolute Gasteiger partial charge is 0.321 e. The molecule has 6 heteroatoms. The zero-order valence-corrected chi connectivity index (χ0v) is 8.04. The van der Waals surface area contributed by atoms with Crippen molar-refractivity contribution in [3.8, 4) is 0 Å². The topological polar surface area (TPSA) is 51.8 Å². The van der Waals surface area contributed by atoms with E-state index in [-0.39, 0.29) is 12.8 Å². The second-order valence-corrected chi connectivity index (χ2v) is 3.22. The van der Waals surface area contributed by atoms with Crippen molar-refractivity contribution in [3.05, 3.63) is 24.3 Å². The number of nitrogens with zero attached hydrogens (tertiary/aromatic N) is 2. The van der Waals surface area contributed by atoms with Crippen molar-refractivity contribution in [3.63, 3.8) is 0 Å². The van der Waals surface area contributed by atoms with Crippen LogP contribution in [0.5, 0.6) is 0 Å². The highest BCUT2D eigenvalue weighted by Gasteiger charge is 2.26. The lowest BCUT2D eigenvalue weighted by Gasteiger charge is -2.10. The first kappa shape index (κ1) is 11.9. The number of aromatic nitrogens is 2. The lowest BCUT2D eigenvalue weighted by Crippen LogP contribution is -2.15. The van der Waals surface area contributed by atoms with Crippen LogP contribution in [0, 0.1) is 0 Å². The predicted molar refractivity (Wildman–Crippen MR) is 48.9 cm³/mol. The quantitative estimate of drug-likeness (QED) is 0.844. The molecule has 0 bridgehead atoms. The van der Waals surface area contributed by atoms with Gasteiger partial charge in [0.05, 0.1) is 6.04 Å². The first-order valence-corrected chi connectivity index (χ1v) is 4.58. The van der Waals surface area contributed by atoms with E-state index < -0.39 is 18.6 Å². The number of halogens is 3. The van der Waals surface area contributed by atoms with Crippen LogP contribution in [-0.2, 0) is 0 Å². The van der Waals surface area contributed by atoms with Crippen LogP contribution in [0.15, 0.2) is 18.5 Å². The molecule has 0 aliphatic rings. The fourth-order valence-electron chi connectivity index (χ4n) is 1.15. The molecule has 0 spiro atoms. The van der Waals surface area contributed by atoms with Gasteiger partial charge in [-0.05, 0) is 18.9 Å². The van der Waals surface area contributed by atoms with Gasteiger partial charge in [-0.2, -0.15) is 13.2 Å². The Bertz CT molecular complexity index is 286. The molecule has 0 fully saturated rings. The summed E-state index contributed by atoms with van der Waals surface area (Å²) in [6.07, 6.45) is -1.64. The summed E-state index contributed by atoms with van der Waals surface area (Å²) in [6.45, 7) is 0. The Morgan fingerprint density at radius 3 is 2.40 bits per heavy atom. The Labute approximate surface area is 85.5 Å². The average Bonchev–Trinajstić information content (AvgIpc) is 2.17. The van der Waals surface area contributed by atoms with E-state index in [2.05, 4.69) is 9.97 Å². The van der Waals surface area contributed by atoms with Gasteiger partial charge in [0.25, 0.3) is 0 Å². The molecule has 15 heavy (non-hydrogen) atoms. The van der Waals surface area contributed by atoms with Crippen LogP contribution < -0.4 is 5.73 Å². The van der Waals surface area contributed by atoms with E-state index in [4.69, 9.17) is 5.73 Å². The maximum atomic E-state index is 11.8. The summed E-state index contributed by atoms with van der Waals surface area (Å²) >= 11 is 0. The molecule has 0 aliphatic heterocycles. The summed E-state index contributed by atoms with van der Waals surface area (Å²) in [5.41, 5.74) is 5.63. The molecule has 1 unspecified atom stereocenters. The average molecular weight is 219 g/mol. The lowest BCUT2D eigenvalue weighted by atomic mass is 10.1. The van der Waals surface area contributed by atoms with Crippen molar-refractivity contribution >= 4 is 0 Å².